The maximum atomic E-state index is 11.6. The molecule has 0 bridgehead atoms. The predicted molar refractivity (Wildman–Crippen MR) is 88.2 cm³/mol. The van der Waals surface area contributed by atoms with Crippen LogP contribution in [0.15, 0.2) is 0 Å². The van der Waals surface area contributed by atoms with Crippen molar-refractivity contribution in [3.8, 4) is 0 Å². The molecule has 0 aliphatic heterocycles. The van der Waals surface area contributed by atoms with Crippen molar-refractivity contribution < 1.29 is 14.6 Å². The second-order valence-corrected chi connectivity index (χ2v) is 6.63. The van der Waals surface area contributed by atoms with Crippen molar-refractivity contribution in [2.24, 2.45) is 0 Å². The van der Waals surface area contributed by atoms with Gasteiger partial charge in [-0.25, -0.2) is 5.21 Å². The molecule has 2 N–H and O–H groups in total. The lowest BCUT2D eigenvalue weighted by molar-refractivity contribution is -1.07. The highest BCUT2D eigenvalue weighted by Crippen LogP contribution is 2.10. The lowest BCUT2D eigenvalue weighted by atomic mass is 10.1. The quantitative estimate of drug-likeness (QED) is 0.291. The summed E-state index contributed by atoms with van der Waals surface area (Å²) in [4.78, 5) is 11.6. The maximum absolute atomic E-state index is 11.6. The number of carbonyl (C=O) groups excluding carboxylic acids is 1. The van der Waals surface area contributed by atoms with Crippen molar-refractivity contribution in [1.82, 2.24) is 5.32 Å². The van der Waals surface area contributed by atoms with Gasteiger partial charge in [0.15, 0.2) is 0 Å². The van der Waals surface area contributed by atoms with Crippen molar-refractivity contribution in [2.75, 3.05) is 27.2 Å². The smallest absolute Gasteiger partial charge is 0.219 e. The molecular formula is C17H37N2O2+. The van der Waals surface area contributed by atoms with Crippen molar-refractivity contribution in [3.63, 3.8) is 0 Å². The third kappa shape index (κ3) is 17.3. The van der Waals surface area contributed by atoms with Crippen LogP contribution in [0.25, 0.3) is 0 Å². The van der Waals surface area contributed by atoms with Crippen molar-refractivity contribution in [2.45, 2.75) is 77.6 Å². The van der Waals surface area contributed by atoms with Gasteiger partial charge in [0.05, 0.1) is 14.1 Å². The molecule has 0 radical (unpaired) electrons. The van der Waals surface area contributed by atoms with Crippen molar-refractivity contribution in [1.29, 1.82) is 0 Å². The monoisotopic (exact) mass is 301 g/mol. The first-order valence-electron chi connectivity index (χ1n) is 8.78. The van der Waals surface area contributed by atoms with Gasteiger partial charge in [-0.15, -0.1) is 0 Å². The fourth-order valence-corrected chi connectivity index (χ4v) is 2.38. The van der Waals surface area contributed by atoms with Gasteiger partial charge in [-0.3, -0.25) is 4.79 Å². The Morgan fingerprint density at radius 1 is 0.905 bits per heavy atom. The molecule has 4 heteroatoms. The maximum Gasteiger partial charge on any atom is 0.219 e. The van der Waals surface area contributed by atoms with Crippen molar-refractivity contribution in [3.05, 3.63) is 0 Å². The van der Waals surface area contributed by atoms with E-state index in [2.05, 4.69) is 12.2 Å². The van der Waals surface area contributed by atoms with Gasteiger partial charge in [0, 0.05) is 19.4 Å². The Labute approximate surface area is 131 Å². The summed E-state index contributed by atoms with van der Waals surface area (Å²) < 4.78 is -0.0336. The Bertz CT molecular complexity index is 250. The summed E-state index contributed by atoms with van der Waals surface area (Å²) in [6.07, 6.45) is 13.0. The van der Waals surface area contributed by atoms with E-state index in [4.69, 9.17) is 0 Å². The van der Waals surface area contributed by atoms with Gasteiger partial charge in [-0.05, 0) is 6.42 Å². The first-order chi connectivity index (χ1) is 9.95. The molecule has 0 atom stereocenters. The number of unbranched alkanes of at least 4 members (excludes halogenated alkanes) is 8. The molecule has 0 aliphatic carbocycles. The number of hydrogen-bond donors (Lipinski definition) is 2. The second-order valence-electron chi connectivity index (χ2n) is 6.63. The molecule has 0 aliphatic rings. The lowest BCUT2D eigenvalue weighted by Gasteiger charge is -2.19. The predicted octanol–water partition coefficient (Wildman–Crippen LogP) is 3.88. The Balaban J connectivity index is 3.23. The molecule has 0 rings (SSSR count). The van der Waals surface area contributed by atoms with E-state index >= 15 is 0 Å². The van der Waals surface area contributed by atoms with Crippen LogP contribution in [0, 0.1) is 0 Å². The summed E-state index contributed by atoms with van der Waals surface area (Å²) >= 11 is 0. The SMILES string of the molecule is CCCCCCCCCCCC(=O)NCCC[N+](C)(C)O. The zero-order chi connectivity index (χ0) is 16.0. The van der Waals surface area contributed by atoms with E-state index in [-0.39, 0.29) is 10.6 Å². The largest absolute Gasteiger partial charge is 0.356 e. The summed E-state index contributed by atoms with van der Waals surface area (Å²) in [5.41, 5.74) is 0. The molecule has 0 spiro atoms. The fourth-order valence-electron chi connectivity index (χ4n) is 2.38. The zero-order valence-corrected chi connectivity index (χ0v) is 14.5. The zero-order valence-electron chi connectivity index (χ0n) is 14.5. The number of nitrogens with one attached hydrogen (secondary N) is 1. The molecule has 0 heterocycles. The minimum Gasteiger partial charge on any atom is -0.356 e. The van der Waals surface area contributed by atoms with Crippen molar-refractivity contribution >= 4 is 5.91 Å². The molecule has 126 valence electrons. The Hall–Kier alpha value is -0.610. The van der Waals surface area contributed by atoms with E-state index in [9.17, 15) is 10.0 Å². The average Bonchev–Trinajstić information content (AvgIpc) is 2.41. The van der Waals surface area contributed by atoms with E-state index in [1.54, 1.807) is 14.1 Å². The van der Waals surface area contributed by atoms with E-state index in [0.29, 0.717) is 19.5 Å². The molecule has 0 saturated heterocycles. The number of nitrogens with zero attached hydrogens (tertiary/aromatic N) is 1. The molecule has 4 nitrogen and oxygen atoms in total. The van der Waals surface area contributed by atoms with Gasteiger partial charge in [0.25, 0.3) is 0 Å². The summed E-state index contributed by atoms with van der Waals surface area (Å²) in [5, 5.41) is 12.4. The van der Waals surface area contributed by atoms with E-state index in [1.165, 1.54) is 51.4 Å². The molecule has 0 fully saturated rings. The van der Waals surface area contributed by atoms with E-state index in [1.807, 2.05) is 0 Å². The first-order valence-corrected chi connectivity index (χ1v) is 8.78. The van der Waals surface area contributed by atoms with Gasteiger partial charge in [-0.1, -0.05) is 58.3 Å². The molecule has 0 aromatic rings. The van der Waals surface area contributed by atoms with E-state index in [0.717, 1.165) is 12.8 Å². The Morgan fingerprint density at radius 3 is 1.95 bits per heavy atom. The number of quaternary nitrogens is 1. The third-order valence-electron chi connectivity index (χ3n) is 3.71. The van der Waals surface area contributed by atoms with Crippen LogP contribution in [0.3, 0.4) is 0 Å². The number of amides is 1. The molecule has 0 saturated carbocycles. The topological polar surface area (TPSA) is 49.3 Å². The molecule has 1 amide bonds. The summed E-state index contributed by atoms with van der Waals surface area (Å²) in [6.45, 7) is 3.58. The molecule has 21 heavy (non-hydrogen) atoms. The van der Waals surface area contributed by atoms with Crippen LogP contribution < -0.4 is 5.32 Å². The highest BCUT2D eigenvalue weighted by Gasteiger charge is 2.09. The van der Waals surface area contributed by atoms with Crippen LogP contribution in [-0.2, 0) is 4.79 Å². The van der Waals surface area contributed by atoms with Gasteiger partial charge in [0.2, 0.25) is 5.91 Å². The number of hydrogen-bond acceptors (Lipinski definition) is 2. The Kier molecular flexibility index (Phi) is 12.7. The molecule has 0 aromatic carbocycles. The van der Waals surface area contributed by atoms with Gasteiger partial charge in [-0.2, -0.15) is 4.65 Å². The summed E-state index contributed by atoms with van der Waals surface area (Å²) in [5.74, 6) is 0.154. The van der Waals surface area contributed by atoms with Gasteiger partial charge >= 0.3 is 0 Å². The first kappa shape index (κ1) is 20.4. The normalized spacial score (nSPS) is 11.6. The standard InChI is InChI=1S/C17H36N2O2/c1-4-5-6-7-8-9-10-11-12-14-17(20)18-15-13-16-19(2,3)21/h21H,4-16H2,1-3H3/p+1. The molecule has 0 aromatic heterocycles. The van der Waals surface area contributed by atoms with Crippen LogP contribution in [0.4, 0.5) is 0 Å². The number of hydroxylamine groups is 3. The minimum absolute atomic E-state index is 0.0336. The van der Waals surface area contributed by atoms with Gasteiger partial charge < -0.3 is 5.32 Å². The third-order valence-corrected chi connectivity index (χ3v) is 3.71. The number of carbonyl (C=O) groups is 1. The highest BCUT2D eigenvalue weighted by molar-refractivity contribution is 5.75. The summed E-state index contributed by atoms with van der Waals surface area (Å²) in [6, 6.07) is 0. The molecule has 0 unspecified atom stereocenters. The Morgan fingerprint density at radius 2 is 1.43 bits per heavy atom. The van der Waals surface area contributed by atoms with Crippen LogP contribution in [-0.4, -0.2) is 42.9 Å². The minimum atomic E-state index is -0.0336. The van der Waals surface area contributed by atoms with Crippen LogP contribution >= 0.6 is 0 Å². The van der Waals surface area contributed by atoms with E-state index < -0.39 is 0 Å². The summed E-state index contributed by atoms with van der Waals surface area (Å²) in [7, 11) is 3.48. The molecular weight excluding hydrogens is 264 g/mol. The van der Waals surface area contributed by atoms with Crippen LogP contribution in [0.1, 0.15) is 77.6 Å². The van der Waals surface area contributed by atoms with Gasteiger partial charge in [0.1, 0.15) is 6.54 Å². The van der Waals surface area contributed by atoms with Crippen LogP contribution in [0.2, 0.25) is 0 Å². The average molecular weight is 301 g/mol. The van der Waals surface area contributed by atoms with Crippen LogP contribution in [0.5, 0.6) is 0 Å². The highest BCUT2D eigenvalue weighted by atomic mass is 16.5. The number of rotatable bonds is 14. The second kappa shape index (κ2) is 13.1. The fraction of sp³-hybridized carbons (Fsp3) is 0.941. The lowest BCUT2D eigenvalue weighted by Crippen LogP contribution is -2.38.